The lowest BCUT2D eigenvalue weighted by Gasteiger charge is -2.24. The summed E-state index contributed by atoms with van der Waals surface area (Å²) in [5.74, 6) is 0. The Morgan fingerprint density at radius 3 is 1.44 bits per heavy atom. The monoisotopic (exact) mass is 618 g/mol. The number of hydrogen-bond donors (Lipinski definition) is 0. The number of fused-ring (bicyclic) bond motifs is 6. The van der Waals surface area contributed by atoms with Gasteiger partial charge >= 0.3 is 0 Å². The summed E-state index contributed by atoms with van der Waals surface area (Å²) in [7, 11) is 0. The second-order valence-electron chi connectivity index (χ2n) is 14.1. The van der Waals surface area contributed by atoms with Crippen LogP contribution in [0.25, 0.3) is 67.0 Å². The number of hydrogen-bond acceptors (Lipinski definition) is 4. The van der Waals surface area contributed by atoms with Crippen molar-refractivity contribution in [2.45, 2.75) is 38.5 Å². The fraction of sp³-hybridized carbons (Fsp3) is 0.136. The molecule has 2 aliphatic carbocycles. The van der Waals surface area contributed by atoms with Crippen molar-refractivity contribution in [2.75, 3.05) is 0 Å². The van der Waals surface area contributed by atoms with Crippen LogP contribution >= 0.6 is 0 Å². The van der Waals surface area contributed by atoms with E-state index in [0.29, 0.717) is 0 Å². The molecule has 4 nitrogen and oxygen atoms in total. The van der Waals surface area contributed by atoms with E-state index < -0.39 is 0 Å². The van der Waals surface area contributed by atoms with Gasteiger partial charge in [-0.05, 0) is 128 Å². The third-order valence-corrected chi connectivity index (χ3v) is 10.6. The van der Waals surface area contributed by atoms with Gasteiger partial charge in [0.15, 0.2) is 0 Å². The van der Waals surface area contributed by atoms with E-state index in [1.165, 1.54) is 55.6 Å². The van der Waals surface area contributed by atoms with Gasteiger partial charge in [-0.1, -0.05) is 58.0 Å². The van der Waals surface area contributed by atoms with Crippen LogP contribution in [-0.2, 0) is 10.8 Å². The van der Waals surface area contributed by atoms with Gasteiger partial charge in [-0.25, -0.2) is 0 Å². The minimum atomic E-state index is -0.135. The lowest BCUT2D eigenvalue weighted by atomic mass is 9.79. The Bertz CT molecular complexity index is 2370. The Balaban J connectivity index is 1.08. The lowest BCUT2D eigenvalue weighted by Crippen LogP contribution is -2.17. The average Bonchev–Trinajstić information content (AvgIpc) is 3.50. The summed E-state index contributed by atoms with van der Waals surface area (Å²) in [6, 6.07) is 35.4. The van der Waals surface area contributed by atoms with Crippen LogP contribution in [0.15, 0.2) is 134 Å². The smallest absolute Gasteiger partial charge is 0.0723 e. The van der Waals surface area contributed by atoms with E-state index in [2.05, 4.69) is 122 Å². The van der Waals surface area contributed by atoms with Gasteiger partial charge in [0.1, 0.15) is 0 Å². The molecule has 4 heteroatoms. The molecule has 0 spiro atoms. The van der Waals surface area contributed by atoms with Gasteiger partial charge in [0.2, 0.25) is 0 Å². The maximum Gasteiger partial charge on any atom is 0.0723 e. The number of rotatable bonds is 4. The third kappa shape index (κ3) is 4.29. The number of aromatic nitrogens is 4. The van der Waals surface area contributed by atoms with E-state index in [-0.39, 0.29) is 10.8 Å². The van der Waals surface area contributed by atoms with E-state index >= 15 is 0 Å². The molecule has 2 aliphatic rings. The van der Waals surface area contributed by atoms with Crippen LogP contribution in [0.3, 0.4) is 0 Å². The molecule has 0 unspecified atom stereocenters. The van der Waals surface area contributed by atoms with Gasteiger partial charge in [-0.15, -0.1) is 0 Å². The number of benzene rings is 3. The average molecular weight is 619 g/mol. The van der Waals surface area contributed by atoms with Crippen molar-refractivity contribution in [1.29, 1.82) is 0 Å². The molecule has 0 atom stereocenters. The first-order valence-corrected chi connectivity index (χ1v) is 16.5. The fourth-order valence-corrected chi connectivity index (χ4v) is 7.85. The summed E-state index contributed by atoms with van der Waals surface area (Å²) in [6.45, 7) is 9.47. The summed E-state index contributed by atoms with van der Waals surface area (Å²) in [6.07, 6.45) is 11.2. The summed E-state index contributed by atoms with van der Waals surface area (Å²) < 4.78 is 0. The van der Waals surface area contributed by atoms with E-state index in [9.17, 15) is 0 Å². The summed E-state index contributed by atoms with van der Waals surface area (Å²) in [4.78, 5) is 17.9. The summed E-state index contributed by atoms with van der Waals surface area (Å²) in [5, 5.41) is 0. The molecule has 4 aromatic heterocycles. The van der Waals surface area contributed by atoms with E-state index in [1.807, 2.05) is 43.0 Å². The second-order valence-corrected chi connectivity index (χ2v) is 14.1. The van der Waals surface area contributed by atoms with Crippen molar-refractivity contribution in [3.8, 4) is 67.0 Å². The molecule has 0 bridgehead atoms. The maximum absolute atomic E-state index is 4.77. The summed E-state index contributed by atoms with van der Waals surface area (Å²) in [5.41, 5.74) is 19.2. The Labute approximate surface area is 281 Å². The van der Waals surface area contributed by atoms with Crippen LogP contribution < -0.4 is 0 Å². The molecule has 0 saturated heterocycles. The Morgan fingerprint density at radius 1 is 0.375 bits per heavy atom. The molecule has 7 aromatic rings. The van der Waals surface area contributed by atoms with Crippen molar-refractivity contribution >= 4 is 0 Å². The summed E-state index contributed by atoms with van der Waals surface area (Å²) >= 11 is 0. The normalized spacial score (nSPS) is 14.6. The molecule has 3 aromatic carbocycles. The first kappa shape index (κ1) is 28.5. The van der Waals surface area contributed by atoms with E-state index in [1.54, 1.807) is 12.4 Å². The van der Waals surface area contributed by atoms with Crippen LogP contribution in [0.4, 0.5) is 0 Å². The van der Waals surface area contributed by atoms with Crippen LogP contribution in [-0.4, -0.2) is 19.9 Å². The first-order valence-electron chi connectivity index (χ1n) is 16.5. The van der Waals surface area contributed by atoms with E-state index in [0.717, 1.165) is 33.6 Å². The van der Waals surface area contributed by atoms with Gasteiger partial charge in [0.05, 0.1) is 11.4 Å². The highest BCUT2D eigenvalue weighted by atomic mass is 14.7. The SMILES string of the molecule is CC1(C)c2cc(-c3ccc(-c4cccnc4)nc3)ccc2-c2cc3c(cc21)-c1ccc(-c2ccnc(-c4cccnc4)c2)cc1C3(C)C. The Hall–Kier alpha value is -5.74. The highest BCUT2D eigenvalue weighted by Gasteiger charge is 2.41. The highest BCUT2D eigenvalue weighted by molar-refractivity contribution is 5.91. The molecule has 0 fully saturated rings. The maximum atomic E-state index is 4.77. The Morgan fingerprint density at radius 2 is 0.896 bits per heavy atom. The van der Waals surface area contributed by atoms with Gasteiger partial charge in [0.25, 0.3) is 0 Å². The molecular weight excluding hydrogens is 585 g/mol. The highest BCUT2D eigenvalue weighted by Crippen LogP contribution is 2.56. The van der Waals surface area contributed by atoms with Gasteiger partial charge < -0.3 is 0 Å². The number of pyridine rings is 4. The molecule has 230 valence electrons. The predicted molar refractivity (Wildman–Crippen MR) is 194 cm³/mol. The molecule has 0 amide bonds. The molecule has 0 N–H and O–H groups in total. The van der Waals surface area contributed by atoms with Crippen LogP contribution in [0.5, 0.6) is 0 Å². The molecule has 9 rings (SSSR count). The molecule has 4 heterocycles. The zero-order chi connectivity index (χ0) is 32.6. The van der Waals surface area contributed by atoms with Crippen molar-refractivity contribution in [2.24, 2.45) is 0 Å². The van der Waals surface area contributed by atoms with Crippen molar-refractivity contribution in [3.05, 3.63) is 156 Å². The lowest BCUT2D eigenvalue weighted by molar-refractivity contribution is 0.652. The predicted octanol–water partition coefficient (Wildman–Crippen LogP) is 10.5. The minimum absolute atomic E-state index is 0.134. The van der Waals surface area contributed by atoms with Crippen molar-refractivity contribution in [3.63, 3.8) is 0 Å². The van der Waals surface area contributed by atoms with Crippen LogP contribution in [0.2, 0.25) is 0 Å². The molecule has 0 aliphatic heterocycles. The van der Waals surface area contributed by atoms with Crippen LogP contribution in [0, 0.1) is 0 Å². The van der Waals surface area contributed by atoms with Crippen molar-refractivity contribution in [1.82, 2.24) is 19.9 Å². The van der Waals surface area contributed by atoms with Gasteiger partial charge in [0, 0.05) is 64.7 Å². The largest absolute Gasteiger partial charge is 0.264 e. The van der Waals surface area contributed by atoms with Gasteiger partial charge in [-0.2, -0.15) is 0 Å². The Kier molecular flexibility index (Phi) is 6.16. The van der Waals surface area contributed by atoms with Crippen molar-refractivity contribution < 1.29 is 0 Å². The second kappa shape index (κ2) is 10.4. The molecule has 0 radical (unpaired) electrons. The molecular formula is C44H34N4. The van der Waals surface area contributed by atoms with E-state index in [4.69, 9.17) is 4.98 Å². The minimum Gasteiger partial charge on any atom is -0.264 e. The topological polar surface area (TPSA) is 51.6 Å². The quantitative estimate of drug-likeness (QED) is 0.197. The molecule has 0 saturated carbocycles. The fourth-order valence-electron chi connectivity index (χ4n) is 7.85. The standard InChI is InChI=1S/C44H34N4/c1-43(2)37-19-27(29-15-18-47-42(21-29)32-8-6-17-46-25-32)9-12-33(37)35-22-40-36(23-39(35)43)34-13-10-28(20-38(34)44(40,3)4)30-11-14-41(48-26-30)31-7-5-16-45-24-31/h5-26H,1-4H3. The van der Waals surface area contributed by atoms with Gasteiger partial charge in [-0.3, -0.25) is 19.9 Å². The number of nitrogens with zero attached hydrogens (tertiary/aromatic N) is 4. The third-order valence-electron chi connectivity index (χ3n) is 10.6. The first-order chi connectivity index (χ1) is 23.3. The van der Waals surface area contributed by atoms with Crippen LogP contribution in [0.1, 0.15) is 49.9 Å². The zero-order valence-electron chi connectivity index (χ0n) is 27.5. The molecule has 48 heavy (non-hydrogen) atoms. The zero-order valence-corrected chi connectivity index (χ0v) is 27.5.